The predicted octanol–water partition coefficient (Wildman–Crippen LogP) is 4.06. The molecule has 0 radical (unpaired) electrons. The number of aryl methyl sites for hydroxylation is 1. The Morgan fingerprint density at radius 1 is 1.39 bits per heavy atom. The van der Waals surface area contributed by atoms with Crippen molar-refractivity contribution in [3.05, 3.63) is 28.8 Å². The van der Waals surface area contributed by atoms with E-state index in [-0.39, 0.29) is 0 Å². The van der Waals surface area contributed by atoms with E-state index in [9.17, 15) is 0 Å². The van der Waals surface area contributed by atoms with Gasteiger partial charge in [0.1, 0.15) is 5.01 Å². The molecule has 0 bridgehead atoms. The first kappa shape index (κ1) is 12.1. The lowest BCUT2D eigenvalue weighted by Gasteiger charge is -2.38. The lowest BCUT2D eigenvalue weighted by Crippen LogP contribution is -2.39. The van der Waals surface area contributed by atoms with Gasteiger partial charge in [0.05, 0.1) is 16.3 Å². The molecule has 3 rings (SSSR count). The van der Waals surface area contributed by atoms with Gasteiger partial charge in [-0.15, -0.1) is 11.3 Å². The van der Waals surface area contributed by atoms with Gasteiger partial charge in [-0.1, -0.05) is 26.0 Å². The maximum atomic E-state index is 4.89. The molecule has 2 nitrogen and oxygen atoms in total. The molecule has 0 spiro atoms. The van der Waals surface area contributed by atoms with Gasteiger partial charge in [-0.25, -0.2) is 4.98 Å². The Labute approximate surface area is 112 Å². The van der Waals surface area contributed by atoms with E-state index < -0.39 is 0 Å². The fourth-order valence-electron chi connectivity index (χ4n) is 2.86. The fraction of sp³-hybridized carbons (Fsp3) is 0.533. The first-order valence-corrected chi connectivity index (χ1v) is 7.49. The largest absolute Gasteiger partial charge is 0.307 e. The molecule has 96 valence electrons. The molecular formula is C15H20N2S. The van der Waals surface area contributed by atoms with E-state index in [1.54, 1.807) is 0 Å². The van der Waals surface area contributed by atoms with Crippen LogP contribution in [0.1, 0.15) is 43.3 Å². The number of benzene rings is 1. The van der Waals surface area contributed by atoms with E-state index in [0.717, 1.165) is 6.54 Å². The molecule has 1 saturated heterocycles. The molecule has 1 aliphatic rings. The molecule has 1 aromatic heterocycles. The van der Waals surface area contributed by atoms with Crippen molar-refractivity contribution < 1.29 is 0 Å². The highest BCUT2D eigenvalue weighted by molar-refractivity contribution is 7.18. The van der Waals surface area contributed by atoms with Crippen LogP contribution in [0.5, 0.6) is 0 Å². The molecule has 3 heteroatoms. The van der Waals surface area contributed by atoms with E-state index in [1.807, 2.05) is 11.3 Å². The molecule has 2 heterocycles. The van der Waals surface area contributed by atoms with Crippen LogP contribution in [-0.2, 0) is 0 Å². The number of aromatic nitrogens is 1. The number of nitrogens with zero attached hydrogens (tertiary/aromatic N) is 1. The number of para-hydroxylation sites is 1. The highest BCUT2D eigenvalue weighted by Crippen LogP contribution is 2.42. The zero-order chi connectivity index (χ0) is 12.8. The molecule has 1 aromatic carbocycles. The first-order valence-electron chi connectivity index (χ1n) is 6.67. The van der Waals surface area contributed by atoms with Crippen LogP contribution in [0.15, 0.2) is 18.2 Å². The van der Waals surface area contributed by atoms with E-state index >= 15 is 0 Å². The standard InChI is InChI=1S/C15H20N2S/c1-10-6-4-7-11-12(10)17-14(18-11)13-15(2,3)8-5-9-16-13/h4,6-7,13,16H,5,8-9H2,1-3H3. The molecular weight excluding hydrogens is 240 g/mol. The summed E-state index contributed by atoms with van der Waals surface area (Å²) in [6.07, 6.45) is 2.55. The van der Waals surface area contributed by atoms with Gasteiger partial charge in [0.2, 0.25) is 0 Å². The number of nitrogens with one attached hydrogen (secondary N) is 1. The number of hydrogen-bond acceptors (Lipinski definition) is 3. The van der Waals surface area contributed by atoms with Gasteiger partial charge < -0.3 is 5.32 Å². The van der Waals surface area contributed by atoms with Crippen molar-refractivity contribution in [1.29, 1.82) is 0 Å². The van der Waals surface area contributed by atoms with Crippen molar-refractivity contribution in [3.63, 3.8) is 0 Å². The normalized spacial score (nSPS) is 23.4. The summed E-state index contributed by atoms with van der Waals surface area (Å²) in [5.41, 5.74) is 2.77. The summed E-state index contributed by atoms with van der Waals surface area (Å²) >= 11 is 1.85. The third-order valence-electron chi connectivity index (χ3n) is 4.01. The molecule has 0 amide bonds. The van der Waals surface area contributed by atoms with Gasteiger partial charge in [0, 0.05) is 0 Å². The smallest absolute Gasteiger partial charge is 0.111 e. The Kier molecular flexibility index (Phi) is 2.91. The van der Waals surface area contributed by atoms with Gasteiger partial charge in [0.15, 0.2) is 0 Å². The summed E-state index contributed by atoms with van der Waals surface area (Å²) in [5.74, 6) is 0. The summed E-state index contributed by atoms with van der Waals surface area (Å²) in [6.45, 7) is 7.96. The molecule has 1 unspecified atom stereocenters. The molecule has 1 fully saturated rings. The lowest BCUT2D eigenvalue weighted by molar-refractivity contribution is 0.181. The SMILES string of the molecule is Cc1cccc2sc(C3NCCCC3(C)C)nc12. The second-order valence-electron chi connectivity index (χ2n) is 5.95. The topological polar surface area (TPSA) is 24.9 Å². The molecule has 2 aromatic rings. The van der Waals surface area contributed by atoms with Crippen LogP contribution in [-0.4, -0.2) is 11.5 Å². The minimum atomic E-state index is 0.306. The van der Waals surface area contributed by atoms with Crippen LogP contribution in [0.2, 0.25) is 0 Å². The quantitative estimate of drug-likeness (QED) is 0.836. The molecule has 0 aliphatic carbocycles. The van der Waals surface area contributed by atoms with Crippen molar-refractivity contribution in [2.45, 2.75) is 39.7 Å². The van der Waals surface area contributed by atoms with Crippen LogP contribution in [0, 0.1) is 12.3 Å². The van der Waals surface area contributed by atoms with Crippen LogP contribution in [0.25, 0.3) is 10.2 Å². The summed E-state index contributed by atoms with van der Waals surface area (Å²) in [5, 5.41) is 4.91. The van der Waals surface area contributed by atoms with E-state index in [2.05, 4.69) is 44.3 Å². The summed E-state index contributed by atoms with van der Waals surface area (Å²) in [4.78, 5) is 4.89. The average Bonchev–Trinajstić information content (AvgIpc) is 2.73. The zero-order valence-electron chi connectivity index (χ0n) is 11.3. The maximum Gasteiger partial charge on any atom is 0.111 e. The van der Waals surface area contributed by atoms with E-state index in [4.69, 9.17) is 4.98 Å². The predicted molar refractivity (Wildman–Crippen MR) is 78.1 cm³/mol. The van der Waals surface area contributed by atoms with Gasteiger partial charge in [-0.3, -0.25) is 0 Å². The summed E-state index contributed by atoms with van der Waals surface area (Å²) in [7, 11) is 0. The maximum absolute atomic E-state index is 4.89. The minimum absolute atomic E-state index is 0.306. The zero-order valence-corrected chi connectivity index (χ0v) is 12.1. The number of fused-ring (bicyclic) bond motifs is 1. The van der Waals surface area contributed by atoms with E-state index in [1.165, 1.54) is 33.6 Å². The monoisotopic (exact) mass is 260 g/mol. The Morgan fingerprint density at radius 2 is 2.22 bits per heavy atom. The molecule has 1 N–H and O–H groups in total. The van der Waals surface area contributed by atoms with Gasteiger partial charge in [-0.05, 0) is 43.4 Å². The second kappa shape index (κ2) is 4.32. The molecule has 0 saturated carbocycles. The van der Waals surface area contributed by atoms with Gasteiger partial charge in [-0.2, -0.15) is 0 Å². The van der Waals surface area contributed by atoms with Crippen molar-refractivity contribution in [2.24, 2.45) is 5.41 Å². The number of hydrogen-bond donors (Lipinski definition) is 1. The first-order chi connectivity index (χ1) is 8.58. The van der Waals surface area contributed by atoms with Crippen molar-refractivity contribution in [3.8, 4) is 0 Å². The van der Waals surface area contributed by atoms with Crippen molar-refractivity contribution >= 4 is 21.6 Å². The van der Waals surface area contributed by atoms with Crippen molar-refractivity contribution in [2.75, 3.05) is 6.54 Å². The Morgan fingerprint density at radius 3 is 2.94 bits per heavy atom. The fourth-order valence-corrected chi connectivity index (χ4v) is 4.19. The third-order valence-corrected chi connectivity index (χ3v) is 5.10. The minimum Gasteiger partial charge on any atom is -0.307 e. The van der Waals surface area contributed by atoms with Crippen LogP contribution in [0.4, 0.5) is 0 Å². The highest BCUT2D eigenvalue weighted by atomic mass is 32.1. The Hall–Kier alpha value is -0.930. The van der Waals surface area contributed by atoms with Gasteiger partial charge in [0.25, 0.3) is 0 Å². The average molecular weight is 260 g/mol. The summed E-state index contributed by atoms with van der Waals surface area (Å²) < 4.78 is 1.31. The molecule has 1 aliphatic heterocycles. The Balaban J connectivity index is 2.06. The summed E-state index contributed by atoms with van der Waals surface area (Å²) in [6, 6.07) is 6.85. The number of rotatable bonds is 1. The van der Waals surface area contributed by atoms with Crippen LogP contribution >= 0.6 is 11.3 Å². The lowest BCUT2D eigenvalue weighted by atomic mass is 9.78. The molecule has 1 atom stereocenters. The molecule has 18 heavy (non-hydrogen) atoms. The third kappa shape index (κ3) is 1.95. The van der Waals surface area contributed by atoms with E-state index in [0.29, 0.717) is 11.5 Å². The number of thiazole rings is 1. The van der Waals surface area contributed by atoms with Crippen molar-refractivity contribution in [1.82, 2.24) is 10.3 Å². The van der Waals surface area contributed by atoms with Crippen LogP contribution < -0.4 is 5.32 Å². The number of piperidine rings is 1. The second-order valence-corrected chi connectivity index (χ2v) is 7.02. The van der Waals surface area contributed by atoms with Gasteiger partial charge >= 0.3 is 0 Å². The Bertz CT molecular complexity index is 571. The van der Waals surface area contributed by atoms with Crippen LogP contribution in [0.3, 0.4) is 0 Å². The highest BCUT2D eigenvalue weighted by Gasteiger charge is 2.35.